The van der Waals surface area contributed by atoms with Gasteiger partial charge in [0.15, 0.2) is 11.6 Å². The molecule has 0 radical (unpaired) electrons. The van der Waals surface area contributed by atoms with Crippen LogP contribution < -0.4 is 11.3 Å². The molecule has 2 nitrogen and oxygen atoms in total. The van der Waals surface area contributed by atoms with Crippen molar-refractivity contribution >= 4 is 0 Å². The molecule has 0 heterocycles. The van der Waals surface area contributed by atoms with Crippen molar-refractivity contribution in [3.05, 3.63) is 35.4 Å². The summed E-state index contributed by atoms with van der Waals surface area (Å²) in [5.41, 5.74) is 3.53. The van der Waals surface area contributed by atoms with E-state index in [2.05, 4.69) is 12.3 Å². The third-order valence-corrected chi connectivity index (χ3v) is 4.54. The first-order valence-electron chi connectivity index (χ1n) is 7.56. The van der Waals surface area contributed by atoms with Crippen LogP contribution in [0.1, 0.15) is 57.1 Å². The zero-order chi connectivity index (χ0) is 14.5. The third kappa shape index (κ3) is 3.55. The molecule has 0 aliphatic heterocycles. The summed E-state index contributed by atoms with van der Waals surface area (Å²) in [6.45, 7) is 2.22. The predicted molar refractivity (Wildman–Crippen MR) is 76.8 cm³/mol. The van der Waals surface area contributed by atoms with Crippen LogP contribution in [0.3, 0.4) is 0 Å². The van der Waals surface area contributed by atoms with Crippen molar-refractivity contribution in [1.29, 1.82) is 0 Å². The monoisotopic (exact) mass is 282 g/mol. The minimum absolute atomic E-state index is 0.0901. The Hall–Kier alpha value is -1.00. The molecule has 20 heavy (non-hydrogen) atoms. The van der Waals surface area contributed by atoms with Crippen LogP contribution in [0.15, 0.2) is 18.2 Å². The maximum Gasteiger partial charge on any atom is 0.159 e. The molecule has 1 atom stereocenters. The molecule has 3 N–H and O–H groups in total. The van der Waals surface area contributed by atoms with Crippen LogP contribution in [0, 0.1) is 23.5 Å². The summed E-state index contributed by atoms with van der Waals surface area (Å²) in [6.07, 6.45) is 7.13. The van der Waals surface area contributed by atoms with Gasteiger partial charge in [0, 0.05) is 6.04 Å². The highest BCUT2D eigenvalue weighted by atomic mass is 19.2. The van der Waals surface area contributed by atoms with Gasteiger partial charge in [-0.2, -0.15) is 0 Å². The van der Waals surface area contributed by atoms with Crippen LogP contribution >= 0.6 is 0 Å². The highest BCUT2D eigenvalue weighted by Gasteiger charge is 2.28. The Morgan fingerprint density at radius 1 is 1.20 bits per heavy atom. The second kappa shape index (κ2) is 7.14. The van der Waals surface area contributed by atoms with Crippen molar-refractivity contribution in [2.75, 3.05) is 0 Å². The molecule has 1 aliphatic rings. The molecule has 1 aromatic rings. The standard InChI is InChI=1S/C16H24F2N2/c1-2-3-11-4-6-12(7-5-11)16(20-19)13-8-9-14(17)15(18)10-13/h8-12,16,20H,2-7,19H2,1H3. The Labute approximate surface area is 119 Å². The summed E-state index contributed by atoms with van der Waals surface area (Å²) < 4.78 is 26.4. The molecule has 0 saturated heterocycles. The molecule has 1 aliphatic carbocycles. The number of nitrogens with one attached hydrogen (secondary N) is 1. The number of nitrogens with two attached hydrogens (primary N) is 1. The van der Waals surface area contributed by atoms with E-state index >= 15 is 0 Å². The first-order chi connectivity index (χ1) is 9.65. The van der Waals surface area contributed by atoms with Crippen LogP contribution in [-0.2, 0) is 0 Å². The summed E-state index contributed by atoms with van der Waals surface area (Å²) >= 11 is 0. The molecule has 112 valence electrons. The van der Waals surface area contributed by atoms with Crippen LogP contribution in [0.5, 0.6) is 0 Å². The van der Waals surface area contributed by atoms with E-state index in [1.54, 1.807) is 6.07 Å². The lowest BCUT2D eigenvalue weighted by molar-refractivity contribution is 0.215. The minimum Gasteiger partial charge on any atom is -0.271 e. The van der Waals surface area contributed by atoms with E-state index in [0.717, 1.165) is 24.3 Å². The Kier molecular flexibility index (Phi) is 5.49. The molecular formula is C16H24F2N2. The second-order valence-corrected chi connectivity index (χ2v) is 5.89. The van der Waals surface area contributed by atoms with Gasteiger partial charge in [-0.25, -0.2) is 8.78 Å². The summed E-state index contributed by atoms with van der Waals surface area (Å²) in [7, 11) is 0. The van der Waals surface area contributed by atoms with Gasteiger partial charge in [0.25, 0.3) is 0 Å². The van der Waals surface area contributed by atoms with Gasteiger partial charge in [0.05, 0.1) is 0 Å². The van der Waals surface area contributed by atoms with Gasteiger partial charge in [-0.05, 0) is 42.4 Å². The Morgan fingerprint density at radius 2 is 1.90 bits per heavy atom. The predicted octanol–water partition coefficient (Wildman–Crippen LogP) is 4.08. The van der Waals surface area contributed by atoms with Crippen molar-refractivity contribution in [2.45, 2.75) is 51.5 Å². The van der Waals surface area contributed by atoms with E-state index in [9.17, 15) is 8.78 Å². The van der Waals surface area contributed by atoms with E-state index in [1.165, 1.54) is 37.8 Å². The zero-order valence-electron chi connectivity index (χ0n) is 12.0. The fourth-order valence-electron chi connectivity index (χ4n) is 3.43. The Balaban J connectivity index is 2.03. The summed E-state index contributed by atoms with van der Waals surface area (Å²) in [5.74, 6) is 5.26. The Bertz CT molecular complexity index is 428. The first kappa shape index (κ1) is 15.4. The lowest BCUT2D eigenvalue weighted by Gasteiger charge is -2.33. The zero-order valence-corrected chi connectivity index (χ0v) is 12.0. The summed E-state index contributed by atoms with van der Waals surface area (Å²) in [5, 5.41) is 0. The van der Waals surface area contributed by atoms with Gasteiger partial charge in [0.1, 0.15) is 0 Å². The van der Waals surface area contributed by atoms with Crippen molar-refractivity contribution in [3.8, 4) is 0 Å². The van der Waals surface area contributed by atoms with E-state index in [0.29, 0.717) is 5.92 Å². The largest absolute Gasteiger partial charge is 0.271 e. The van der Waals surface area contributed by atoms with Gasteiger partial charge in [-0.3, -0.25) is 11.3 Å². The minimum atomic E-state index is -0.809. The van der Waals surface area contributed by atoms with E-state index < -0.39 is 11.6 Å². The molecule has 1 unspecified atom stereocenters. The SMILES string of the molecule is CCCC1CCC(C(NN)c2ccc(F)c(F)c2)CC1. The van der Waals surface area contributed by atoms with Crippen molar-refractivity contribution in [2.24, 2.45) is 17.7 Å². The first-order valence-corrected chi connectivity index (χ1v) is 7.56. The number of benzene rings is 1. The number of halogens is 2. The fourth-order valence-corrected chi connectivity index (χ4v) is 3.43. The lowest BCUT2D eigenvalue weighted by Crippen LogP contribution is -2.35. The molecule has 1 fully saturated rings. The van der Waals surface area contributed by atoms with E-state index in [4.69, 9.17) is 5.84 Å². The van der Waals surface area contributed by atoms with E-state index in [-0.39, 0.29) is 6.04 Å². The third-order valence-electron chi connectivity index (χ3n) is 4.54. The molecule has 1 saturated carbocycles. The number of hydrogen-bond donors (Lipinski definition) is 2. The summed E-state index contributed by atoms with van der Waals surface area (Å²) in [4.78, 5) is 0. The van der Waals surface area contributed by atoms with Crippen molar-refractivity contribution in [1.82, 2.24) is 5.43 Å². The van der Waals surface area contributed by atoms with Crippen molar-refractivity contribution in [3.63, 3.8) is 0 Å². The van der Waals surface area contributed by atoms with Gasteiger partial charge >= 0.3 is 0 Å². The maximum atomic E-state index is 13.4. The van der Waals surface area contributed by atoms with Crippen LogP contribution in [0.25, 0.3) is 0 Å². The molecule has 4 heteroatoms. The average Bonchev–Trinajstić information content (AvgIpc) is 2.46. The number of rotatable bonds is 5. The summed E-state index contributed by atoms with van der Waals surface area (Å²) in [6, 6.07) is 3.98. The van der Waals surface area contributed by atoms with Gasteiger partial charge in [0.2, 0.25) is 0 Å². The molecule has 0 aromatic heterocycles. The highest BCUT2D eigenvalue weighted by molar-refractivity contribution is 5.22. The Morgan fingerprint density at radius 3 is 2.45 bits per heavy atom. The van der Waals surface area contributed by atoms with E-state index in [1.807, 2.05) is 0 Å². The maximum absolute atomic E-state index is 13.4. The van der Waals surface area contributed by atoms with Crippen LogP contribution in [-0.4, -0.2) is 0 Å². The highest BCUT2D eigenvalue weighted by Crippen LogP contribution is 2.38. The molecule has 1 aromatic carbocycles. The van der Waals surface area contributed by atoms with Gasteiger partial charge in [-0.15, -0.1) is 0 Å². The lowest BCUT2D eigenvalue weighted by atomic mass is 9.75. The van der Waals surface area contributed by atoms with Gasteiger partial charge < -0.3 is 0 Å². The van der Waals surface area contributed by atoms with Crippen LogP contribution in [0.2, 0.25) is 0 Å². The molecule has 2 rings (SSSR count). The number of hydrazine groups is 1. The number of hydrogen-bond acceptors (Lipinski definition) is 2. The fraction of sp³-hybridized carbons (Fsp3) is 0.625. The average molecular weight is 282 g/mol. The molecule has 0 amide bonds. The molecule has 0 bridgehead atoms. The van der Waals surface area contributed by atoms with Crippen LogP contribution in [0.4, 0.5) is 8.78 Å². The second-order valence-electron chi connectivity index (χ2n) is 5.89. The van der Waals surface area contributed by atoms with Gasteiger partial charge in [-0.1, -0.05) is 38.7 Å². The normalized spacial score (nSPS) is 24.6. The topological polar surface area (TPSA) is 38.0 Å². The smallest absolute Gasteiger partial charge is 0.159 e. The molecular weight excluding hydrogens is 258 g/mol. The molecule has 0 spiro atoms. The quantitative estimate of drug-likeness (QED) is 0.631. The van der Waals surface area contributed by atoms with Crippen molar-refractivity contribution < 1.29 is 8.78 Å².